The predicted molar refractivity (Wildman–Crippen MR) is 75.9 cm³/mol. The number of nitrogen functional groups attached to an aromatic ring is 1. The Morgan fingerprint density at radius 3 is 2.78 bits per heavy atom. The van der Waals surface area contributed by atoms with Gasteiger partial charge in [-0.2, -0.15) is 0 Å². The molecule has 0 fully saturated rings. The highest BCUT2D eigenvalue weighted by molar-refractivity contribution is 5.93. The van der Waals surface area contributed by atoms with Gasteiger partial charge in [0, 0.05) is 18.2 Å². The lowest BCUT2D eigenvalue weighted by molar-refractivity contribution is -0.114. The summed E-state index contributed by atoms with van der Waals surface area (Å²) >= 11 is 0. The molecular formula is C14H21N3O. The number of carbonyl (C=O) groups excluding carboxylic acids is 1. The molecule has 0 aromatic heterocycles. The van der Waals surface area contributed by atoms with Gasteiger partial charge in [-0.25, -0.2) is 0 Å². The van der Waals surface area contributed by atoms with Crippen molar-refractivity contribution in [2.24, 2.45) is 0 Å². The number of hydrogen-bond acceptors (Lipinski definition) is 3. The minimum atomic E-state index is -0.107. The summed E-state index contributed by atoms with van der Waals surface area (Å²) in [6, 6.07) is 3.90. The Morgan fingerprint density at radius 1 is 1.50 bits per heavy atom. The predicted octanol–water partition coefficient (Wildman–Crippen LogP) is 2.92. The average molecular weight is 247 g/mol. The van der Waals surface area contributed by atoms with Crippen molar-refractivity contribution >= 4 is 23.0 Å². The highest BCUT2D eigenvalue weighted by atomic mass is 16.1. The Morgan fingerprint density at radius 2 is 2.17 bits per heavy atom. The van der Waals surface area contributed by atoms with Crippen molar-refractivity contribution in [3.8, 4) is 0 Å². The zero-order valence-electron chi connectivity index (χ0n) is 11.4. The number of hydrogen-bond donors (Lipinski definition) is 3. The van der Waals surface area contributed by atoms with E-state index in [1.165, 1.54) is 12.5 Å². The second-order valence-corrected chi connectivity index (χ2v) is 5.82. The Balaban J connectivity index is 2.44. The van der Waals surface area contributed by atoms with Gasteiger partial charge in [0.1, 0.15) is 0 Å². The number of nitrogens with two attached hydrogens (primary N) is 1. The van der Waals surface area contributed by atoms with E-state index in [1.54, 1.807) is 0 Å². The van der Waals surface area contributed by atoms with Crippen molar-refractivity contribution in [1.29, 1.82) is 0 Å². The summed E-state index contributed by atoms with van der Waals surface area (Å²) in [5.41, 5.74) is 9.64. The van der Waals surface area contributed by atoms with Crippen molar-refractivity contribution in [2.45, 2.75) is 45.6 Å². The maximum atomic E-state index is 11.1. The first kappa shape index (κ1) is 12.7. The molecule has 1 atom stereocenters. The van der Waals surface area contributed by atoms with E-state index < -0.39 is 0 Å². The van der Waals surface area contributed by atoms with E-state index in [1.807, 2.05) is 12.1 Å². The molecule has 1 aromatic rings. The van der Waals surface area contributed by atoms with Crippen molar-refractivity contribution < 1.29 is 4.79 Å². The standard InChI is InChI=1S/C14H21N3O/c1-8-7-14(3,4)17-12-6-13(16-9(2)18)11(15)5-10(8)12/h5-6,8,17H,7,15H2,1-4H3,(H,16,18). The van der Waals surface area contributed by atoms with Crippen LogP contribution in [0.2, 0.25) is 0 Å². The zero-order chi connectivity index (χ0) is 13.5. The molecule has 0 spiro atoms. The van der Waals surface area contributed by atoms with Gasteiger partial charge < -0.3 is 16.4 Å². The second-order valence-electron chi connectivity index (χ2n) is 5.82. The van der Waals surface area contributed by atoms with Crippen LogP contribution >= 0.6 is 0 Å². The molecule has 4 N–H and O–H groups in total. The average Bonchev–Trinajstić information content (AvgIpc) is 2.18. The van der Waals surface area contributed by atoms with Crippen LogP contribution in [0.4, 0.5) is 17.1 Å². The number of fused-ring (bicyclic) bond motifs is 1. The van der Waals surface area contributed by atoms with E-state index >= 15 is 0 Å². The molecule has 1 aliphatic rings. The molecule has 0 bridgehead atoms. The Labute approximate surface area is 108 Å². The fraction of sp³-hybridized carbons (Fsp3) is 0.500. The molecule has 4 heteroatoms. The molecule has 1 amide bonds. The van der Waals surface area contributed by atoms with Gasteiger partial charge in [0.2, 0.25) is 5.91 Å². The van der Waals surface area contributed by atoms with Crippen molar-refractivity contribution in [2.75, 3.05) is 16.4 Å². The maximum Gasteiger partial charge on any atom is 0.221 e. The summed E-state index contributed by atoms with van der Waals surface area (Å²) in [7, 11) is 0. The second kappa shape index (κ2) is 4.19. The van der Waals surface area contributed by atoms with Crippen molar-refractivity contribution in [3.63, 3.8) is 0 Å². The van der Waals surface area contributed by atoms with Crippen molar-refractivity contribution in [1.82, 2.24) is 0 Å². The van der Waals surface area contributed by atoms with Crippen molar-refractivity contribution in [3.05, 3.63) is 17.7 Å². The molecule has 1 aliphatic heterocycles. The van der Waals surface area contributed by atoms with Crippen LogP contribution in [0.3, 0.4) is 0 Å². The summed E-state index contributed by atoms with van der Waals surface area (Å²) in [5, 5.41) is 6.26. The molecule has 0 radical (unpaired) electrons. The minimum absolute atomic E-state index is 0.0655. The maximum absolute atomic E-state index is 11.1. The highest BCUT2D eigenvalue weighted by Crippen LogP contribution is 2.41. The Bertz CT molecular complexity index is 494. The topological polar surface area (TPSA) is 67.2 Å². The monoisotopic (exact) mass is 247 g/mol. The molecule has 0 aliphatic carbocycles. The number of carbonyl (C=O) groups is 1. The third kappa shape index (κ3) is 2.42. The molecule has 1 heterocycles. The molecule has 4 nitrogen and oxygen atoms in total. The Hall–Kier alpha value is -1.71. The zero-order valence-corrected chi connectivity index (χ0v) is 11.4. The lowest BCUT2D eigenvalue weighted by Gasteiger charge is -2.38. The van der Waals surface area contributed by atoms with Crippen LogP contribution in [0.5, 0.6) is 0 Å². The quantitative estimate of drug-likeness (QED) is 0.668. The third-order valence-electron chi connectivity index (χ3n) is 3.35. The van der Waals surface area contributed by atoms with Crippen LogP contribution in [0, 0.1) is 0 Å². The first-order valence-corrected chi connectivity index (χ1v) is 6.28. The number of anilines is 3. The lowest BCUT2D eigenvalue weighted by Crippen LogP contribution is -2.36. The first-order chi connectivity index (χ1) is 8.28. The van der Waals surface area contributed by atoms with E-state index in [9.17, 15) is 4.79 Å². The first-order valence-electron chi connectivity index (χ1n) is 6.28. The number of rotatable bonds is 1. The summed E-state index contributed by atoms with van der Waals surface area (Å²) in [5.74, 6) is 0.356. The van der Waals surface area contributed by atoms with Gasteiger partial charge >= 0.3 is 0 Å². The molecule has 98 valence electrons. The molecular weight excluding hydrogens is 226 g/mol. The van der Waals surface area contributed by atoms with Gasteiger partial charge in [0.25, 0.3) is 0 Å². The van der Waals surface area contributed by atoms with Gasteiger partial charge in [-0.15, -0.1) is 0 Å². The van der Waals surface area contributed by atoms with Gasteiger partial charge in [-0.3, -0.25) is 4.79 Å². The molecule has 0 saturated heterocycles. The summed E-state index contributed by atoms with van der Waals surface area (Å²) in [6.07, 6.45) is 1.07. The molecule has 2 rings (SSSR count). The van der Waals surface area contributed by atoms with Gasteiger partial charge in [-0.05, 0) is 43.9 Å². The van der Waals surface area contributed by atoms with Gasteiger partial charge in [0.05, 0.1) is 11.4 Å². The van der Waals surface area contributed by atoms with Crippen LogP contribution in [0.25, 0.3) is 0 Å². The smallest absolute Gasteiger partial charge is 0.221 e. The normalized spacial score (nSPS) is 20.8. The fourth-order valence-corrected chi connectivity index (χ4v) is 2.74. The summed E-state index contributed by atoms with van der Waals surface area (Å²) in [6.45, 7) is 8.06. The fourth-order valence-electron chi connectivity index (χ4n) is 2.74. The van der Waals surface area contributed by atoms with Crippen LogP contribution in [-0.2, 0) is 4.79 Å². The van der Waals surface area contributed by atoms with Crippen LogP contribution in [-0.4, -0.2) is 11.4 Å². The van der Waals surface area contributed by atoms with E-state index in [-0.39, 0.29) is 11.4 Å². The van der Waals surface area contributed by atoms with E-state index in [4.69, 9.17) is 5.73 Å². The van der Waals surface area contributed by atoms with Crippen LogP contribution in [0.15, 0.2) is 12.1 Å². The van der Waals surface area contributed by atoms with E-state index in [0.717, 1.165) is 12.1 Å². The molecule has 1 unspecified atom stereocenters. The summed E-state index contributed by atoms with van der Waals surface area (Å²) in [4.78, 5) is 11.1. The molecule has 0 saturated carbocycles. The van der Waals surface area contributed by atoms with Crippen LogP contribution < -0.4 is 16.4 Å². The number of benzene rings is 1. The van der Waals surface area contributed by atoms with Gasteiger partial charge in [0.15, 0.2) is 0 Å². The third-order valence-corrected chi connectivity index (χ3v) is 3.35. The highest BCUT2D eigenvalue weighted by Gasteiger charge is 2.29. The summed E-state index contributed by atoms with van der Waals surface area (Å²) < 4.78 is 0. The molecule has 18 heavy (non-hydrogen) atoms. The Kier molecular flexibility index (Phi) is 2.97. The SMILES string of the molecule is CC(=O)Nc1cc2c(cc1N)C(C)CC(C)(C)N2. The largest absolute Gasteiger partial charge is 0.397 e. The number of nitrogens with one attached hydrogen (secondary N) is 2. The van der Waals surface area contributed by atoms with Crippen LogP contribution in [0.1, 0.15) is 45.6 Å². The molecule has 1 aromatic carbocycles. The van der Waals surface area contributed by atoms with E-state index in [0.29, 0.717) is 17.3 Å². The lowest BCUT2D eigenvalue weighted by atomic mass is 9.81. The minimum Gasteiger partial charge on any atom is -0.397 e. The number of amides is 1. The van der Waals surface area contributed by atoms with E-state index in [2.05, 4.69) is 31.4 Å². The van der Waals surface area contributed by atoms with Gasteiger partial charge in [-0.1, -0.05) is 6.92 Å².